The molecule has 0 unspecified atom stereocenters. The topological polar surface area (TPSA) is 82.1 Å². The van der Waals surface area contributed by atoms with Crippen LogP contribution >= 0.6 is 11.3 Å². The average molecular weight is 389 g/mol. The van der Waals surface area contributed by atoms with Gasteiger partial charge in [0.2, 0.25) is 12.7 Å². The fourth-order valence-electron chi connectivity index (χ4n) is 2.93. The number of ether oxygens (including phenoxy) is 2. The highest BCUT2D eigenvalue weighted by atomic mass is 32.1. The Balaban J connectivity index is 1.50. The van der Waals surface area contributed by atoms with Crippen LogP contribution in [0.15, 0.2) is 60.5 Å². The number of benzene rings is 1. The van der Waals surface area contributed by atoms with Crippen LogP contribution in [-0.2, 0) is 6.54 Å². The van der Waals surface area contributed by atoms with E-state index in [2.05, 4.69) is 20.3 Å². The molecule has 28 heavy (non-hydrogen) atoms. The molecule has 3 aromatic heterocycles. The Kier molecular flexibility index (Phi) is 4.30. The van der Waals surface area contributed by atoms with E-state index in [0.717, 1.165) is 38.9 Å². The van der Waals surface area contributed by atoms with Crippen molar-refractivity contribution in [2.45, 2.75) is 6.54 Å². The van der Waals surface area contributed by atoms with Crippen LogP contribution in [0.2, 0.25) is 0 Å². The average Bonchev–Trinajstić information content (AvgIpc) is 3.44. The molecule has 1 aromatic carbocycles. The maximum absolute atomic E-state index is 5.51. The summed E-state index contributed by atoms with van der Waals surface area (Å²) in [7, 11) is 0. The van der Waals surface area contributed by atoms with Crippen LogP contribution in [0.25, 0.3) is 21.8 Å². The van der Waals surface area contributed by atoms with Crippen LogP contribution in [0.1, 0.15) is 5.56 Å². The number of nitrogens with one attached hydrogen (secondary N) is 1. The monoisotopic (exact) mass is 389 g/mol. The molecule has 7 nitrogen and oxygen atoms in total. The number of hydrogen-bond acceptors (Lipinski definition) is 8. The van der Waals surface area contributed by atoms with Gasteiger partial charge in [0.1, 0.15) is 10.7 Å². The van der Waals surface area contributed by atoms with E-state index in [1.165, 1.54) is 11.3 Å². The Morgan fingerprint density at radius 2 is 2.00 bits per heavy atom. The quantitative estimate of drug-likeness (QED) is 0.552. The number of nitrogens with zero attached hydrogens (tertiary/aromatic N) is 4. The first kappa shape index (κ1) is 16.6. The van der Waals surface area contributed by atoms with Crippen LogP contribution in [0.5, 0.6) is 11.5 Å². The minimum Gasteiger partial charge on any atom is -0.454 e. The van der Waals surface area contributed by atoms with Gasteiger partial charge in [0.25, 0.3) is 0 Å². The van der Waals surface area contributed by atoms with E-state index >= 15 is 0 Å². The standard InChI is InChI=1S/C20H15N5O2S/c1-2-13(9-21-5-1)10-23-20-24-11-15(18(25-20)19-22-6-7-28-19)14-3-4-16-17(8-14)27-12-26-16/h1-9,11H,10,12H2,(H,23,24,25). The summed E-state index contributed by atoms with van der Waals surface area (Å²) < 4.78 is 10.9. The van der Waals surface area contributed by atoms with E-state index in [-0.39, 0.29) is 6.79 Å². The summed E-state index contributed by atoms with van der Waals surface area (Å²) in [6.45, 7) is 0.834. The predicted octanol–water partition coefficient (Wildman–Crippen LogP) is 4.00. The predicted molar refractivity (Wildman–Crippen MR) is 106 cm³/mol. The van der Waals surface area contributed by atoms with Gasteiger partial charge in [-0.3, -0.25) is 4.98 Å². The van der Waals surface area contributed by atoms with E-state index < -0.39 is 0 Å². The third kappa shape index (κ3) is 3.25. The molecule has 0 aliphatic carbocycles. The third-order valence-corrected chi connectivity index (χ3v) is 5.06. The number of anilines is 1. The first-order valence-corrected chi connectivity index (χ1v) is 9.54. The fraction of sp³-hybridized carbons (Fsp3) is 0.100. The van der Waals surface area contributed by atoms with Crippen molar-refractivity contribution in [2.75, 3.05) is 12.1 Å². The number of rotatable bonds is 5. The van der Waals surface area contributed by atoms with Gasteiger partial charge >= 0.3 is 0 Å². The maximum atomic E-state index is 5.51. The van der Waals surface area contributed by atoms with Crippen LogP contribution in [0.4, 0.5) is 5.95 Å². The Morgan fingerprint density at radius 1 is 1.04 bits per heavy atom. The van der Waals surface area contributed by atoms with Crippen LogP contribution in [0, 0.1) is 0 Å². The normalized spacial score (nSPS) is 12.1. The van der Waals surface area contributed by atoms with Gasteiger partial charge in [0.05, 0.1) is 0 Å². The maximum Gasteiger partial charge on any atom is 0.231 e. The van der Waals surface area contributed by atoms with Gasteiger partial charge in [-0.2, -0.15) is 0 Å². The summed E-state index contributed by atoms with van der Waals surface area (Å²) in [5.41, 5.74) is 3.67. The van der Waals surface area contributed by atoms with Crippen molar-refractivity contribution >= 4 is 17.3 Å². The molecule has 5 rings (SSSR count). The number of hydrogen-bond donors (Lipinski definition) is 1. The molecular weight excluding hydrogens is 374 g/mol. The summed E-state index contributed by atoms with van der Waals surface area (Å²) in [6, 6.07) is 9.73. The van der Waals surface area contributed by atoms with Crippen molar-refractivity contribution in [1.82, 2.24) is 19.9 Å². The third-order valence-electron chi connectivity index (χ3n) is 4.28. The van der Waals surface area contributed by atoms with E-state index in [4.69, 9.17) is 14.5 Å². The highest BCUT2D eigenvalue weighted by molar-refractivity contribution is 7.13. The van der Waals surface area contributed by atoms with Crippen LogP contribution in [0.3, 0.4) is 0 Å². The zero-order valence-electron chi connectivity index (χ0n) is 14.7. The smallest absolute Gasteiger partial charge is 0.231 e. The lowest BCUT2D eigenvalue weighted by Crippen LogP contribution is -2.05. The number of thiazole rings is 1. The summed E-state index contributed by atoms with van der Waals surface area (Å²) in [5, 5.41) is 6.02. The van der Waals surface area contributed by atoms with Gasteiger partial charge in [-0.1, -0.05) is 12.1 Å². The van der Waals surface area contributed by atoms with E-state index in [9.17, 15) is 0 Å². The summed E-state index contributed by atoms with van der Waals surface area (Å²) in [6.07, 6.45) is 7.15. The molecule has 1 N–H and O–H groups in total. The van der Waals surface area contributed by atoms with Gasteiger partial charge < -0.3 is 14.8 Å². The van der Waals surface area contributed by atoms with Gasteiger partial charge in [0.15, 0.2) is 11.5 Å². The second-order valence-electron chi connectivity index (χ2n) is 6.08. The SMILES string of the molecule is c1cncc(CNc2ncc(-c3ccc4c(c3)OCO4)c(-c3nccs3)n2)c1. The fourth-order valence-corrected chi connectivity index (χ4v) is 3.57. The molecule has 138 valence electrons. The molecule has 8 heteroatoms. The molecule has 1 aliphatic heterocycles. The lowest BCUT2D eigenvalue weighted by atomic mass is 10.1. The van der Waals surface area contributed by atoms with E-state index in [1.807, 2.05) is 48.1 Å². The molecule has 0 spiro atoms. The summed E-state index contributed by atoms with van der Waals surface area (Å²) in [5.74, 6) is 2.01. The molecular formula is C20H15N5O2S. The Bertz CT molecular complexity index is 1100. The molecule has 0 bridgehead atoms. The second kappa shape index (κ2) is 7.24. The van der Waals surface area contributed by atoms with E-state index in [0.29, 0.717) is 12.5 Å². The first-order valence-electron chi connectivity index (χ1n) is 8.66. The van der Waals surface area contributed by atoms with Gasteiger partial charge in [-0.15, -0.1) is 11.3 Å². The van der Waals surface area contributed by atoms with Gasteiger partial charge in [-0.05, 0) is 29.3 Å². The minimum absolute atomic E-state index is 0.242. The van der Waals surface area contributed by atoms with Crippen molar-refractivity contribution in [1.29, 1.82) is 0 Å². The molecule has 0 atom stereocenters. The van der Waals surface area contributed by atoms with Crippen LogP contribution in [-0.4, -0.2) is 26.7 Å². The Hall–Kier alpha value is -3.52. The summed E-state index contributed by atoms with van der Waals surface area (Å²) >= 11 is 1.54. The number of fused-ring (bicyclic) bond motifs is 1. The van der Waals surface area contributed by atoms with Crippen molar-refractivity contribution in [3.8, 4) is 33.3 Å². The molecule has 4 aromatic rings. The molecule has 0 saturated carbocycles. The molecule has 4 heterocycles. The van der Waals surface area contributed by atoms with Crippen LogP contribution < -0.4 is 14.8 Å². The Morgan fingerprint density at radius 3 is 2.86 bits per heavy atom. The lowest BCUT2D eigenvalue weighted by Gasteiger charge is -2.11. The van der Waals surface area contributed by atoms with Crippen molar-refractivity contribution < 1.29 is 9.47 Å². The first-order chi connectivity index (χ1) is 13.9. The molecule has 0 radical (unpaired) electrons. The molecule has 0 fully saturated rings. The highest BCUT2D eigenvalue weighted by Crippen LogP contribution is 2.38. The second-order valence-corrected chi connectivity index (χ2v) is 6.97. The van der Waals surface area contributed by atoms with Crippen molar-refractivity contribution in [3.05, 3.63) is 66.1 Å². The number of aromatic nitrogens is 4. The zero-order valence-corrected chi connectivity index (χ0v) is 15.5. The largest absolute Gasteiger partial charge is 0.454 e. The highest BCUT2D eigenvalue weighted by Gasteiger charge is 2.18. The molecule has 0 saturated heterocycles. The number of pyridine rings is 1. The minimum atomic E-state index is 0.242. The van der Waals surface area contributed by atoms with Crippen molar-refractivity contribution in [3.63, 3.8) is 0 Å². The lowest BCUT2D eigenvalue weighted by molar-refractivity contribution is 0.174. The molecule has 1 aliphatic rings. The van der Waals surface area contributed by atoms with Gasteiger partial charge in [-0.25, -0.2) is 15.0 Å². The Labute approximate surface area is 165 Å². The zero-order chi connectivity index (χ0) is 18.8. The van der Waals surface area contributed by atoms with E-state index in [1.54, 1.807) is 12.4 Å². The van der Waals surface area contributed by atoms with Gasteiger partial charge in [0, 0.05) is 42.3 Å². The summed E-state index contributed by atoms with van der Waals surface area (Å²) in [4.78, 5) is 17.8. The van der Waals surface area contributed by atoms with Crippen molar-refractivity contribution in [2.24, 2.45) is 0 Å². The molecule has 0 amide bonds.